The average Bonchev–Trinajstić information content (AvgIpc) is 2.30. The standard InChI is InChI=1S/C13H14FNO/c14-11-9-13(5-7-15-8-6-13)16-12-4-2-1-3-10(11)12/h1-4,9,15H,5-8H2. The van der Waals surface area contributed by atoms with Crippen LogP contribution in [0.5, 0.6) is 5.75 Å². The molecule has 84 valence electrons. The predicted molar refractivity (Wildman–Crippen MR) is 61.0 cm³/mol. The first kappa shape index (κ1) is 9.85. The molecule has 1 aromatic rings. The smallest absolute Gasteiger partial charge is 0.134 e. The molecule has 2 heterocycles. The Morgan fingerprint density at radius 1 is 1.19 bits per heavy atom. The highest BCUT2D eigenvalue weighted by atomic mass is 19.1. The van der Waals surface area contributed by atoms with Gasteiger partial charge in [-0.25, -0.2) is 4.39 Å². The van der Waals surface area contributed by atoms with Crippen LogP contribution in [0.2, 0.25) is 0 Å². The Morgan fingerprint density at radius 2 is 1.94 bits per heavy atom. The first-order valence-electron chi connectivity index (χ1n) is 5.67. The van der Waals surface area contributed by atoms with Crippen LogP contribution in [0.1, 0.15) is 18.4 Å². The maximum Gasteiger partial charge on any atom is 0.134 e. The van der Waals surface area contributed by atoms with E-state index in [-0.39, 0.29) is 5.83 Å². The number of rotatable bonds is 0. The van der Waals surface area contributed by atoms with Crippen molar-refractivity contribution in [1.82, 2.24) is 5.32 Å². The molecule has 0 amide bonds. The van der Waals surface area contributed by atoms with E-state index >= 15 is 0 Å². The van der Waals surface area contributed by atoms with E-state index in [0.717, 1.165) is 25.9 Å². The lowest BCUT2D eigenvalue weighted by Gasteiger charge is -2.38. The third-order valence-electron chi connectivity index (χ3n) is 3.30. The molecule has 0 aliphatic carbocycles. The number of piperidine rings is 1. The number of ether oxygens (including phenoxy) is 1. The van der Waals surface area contributed by atoms with Crippen molar-refractivity contribution in [3.05, 3.63) is 35.9 Å². The zero-order valence-corrected chi connectivity index (χ0v) is 9.00. The molecule has 0 saturated carbocycles. The second kappa shape index (κ2) is 3.59. The van der Waals surface area contributed by atoms with E-state index in [2.05, 4.69) is 5.32 Å². The minimum absolute atomic E-state index is 0.149. The molecule has 1 fully saturated rings. The molecule has 2 aliphatic heterocycles. The monoisotopic (exact) mass is 219 g/mol. The van der Waals surface area contributed by atoms with Gasteiger partial charge in [0.2, 0.25) is 0 Å². The summed E-state index contributed by atoms with van der Waals surface area (Å²) in [6.45, 7) is 1.76. The van der Waals surface area contributed by atoms with Gasteiger partial charge in [-0.1, -0.05) is 12.1 Å². The Labute approximate surface area is 94.1 Å². The highest BCUT2D eigenvalue weighted by Gasteiger charge is 2.36. The molecule has 16 heavy (non-hydrogen) atoms. The van der Waals surface area contributed by atoms with Crippen molar-refractivity contribution in [3.63, 3.8) is 0 Å². The van der Waals surface area contributed by atoms with E-state index < -0.39 is 5.60 Å². The zero-order valence-electron chi connectivity index (χ0n) is 9.00. The summed E-state index contributed by atoms with van der Waals surface area (Å²) in [7, 11) is 0. The van der Waals surface area contributed by atoms with Crippen LogP contribution in [0.15, 0.2) is 30.3 Å². The fourth-order valence-electron chi connectivity index (χ4n) is 2.41. The molecule has 1 N–H and O–H groups in total. The highest BCUT2D eigenvalue weighted by molar-refractivity contribution is 5.68. The third kappa shape index (κ3) is 1.52. The molecule has 3 heteroatoms. The summed E-state index contributed by atoms with van der Waals surface area (Å²) in [5.41, 5.74) is 0.149. The fourth-order valence-corrected chi connectivity index (χ4v) is 2.41. The van der Waals surface area contributed by atoms with Crippen LogP contribution in [-0.4, -0.2) is 18.7 Å². The van der Waals surface area contributed by atoms with Crippen LogP contribution in [0.3, 0.4) is 0 Å². The Balaban J connectivity index is 2.01. The van der Waals surface area contributed by atoms with Gasteiger partial charge in [-0.2, -0.15) is 0 Å². The van der Waals surface area contributed by atoms with E-state index in [1.54, 1.807) is 12.1 Å². The van der Waals surface area contributed by atoms with E-state index in [1.807, 2.05) is 18.2 Å². The fraction of sp³-hybridized carbons (Fsp3) is 0.385. The maximum absolute atomic E-state index is 14.0. The van der Waals surface area contributed by atoms with Gasteiger partial charge >= 0.3 is 0 Å². The van der Waals surface area contributed by atoms with Crippen molar-refractivity contribution in [2.75, 3.05) is 13.1 Å². The third-order valence-corrected chi connectivity index (χ3v) is 3.30. The van der Waals surface area contributed by atoms with Crippen LogP contribution in [0.25, 0.3) is 5.83 Å². The molecule has 1 aromatic carbocycles. The van der Waals surface area contributed by atoms with Crippen molar-refractivity contribution in [1.29, 1.82) is 0 Å². The summed E-state index contributed by atoms with van der Waals surface area (Å²) in [5.74, 6) is 0.521. The SMILES string of the molecule is FC1=CC2(CCNCC2)Oc2ccccc21. The van der Waals surface area contributed by atoms with Crippen molar-refractivity contribution in [2.45, 2.75) is 18.4 Å². The second-order valence-electron chi connectivity index (χ2n) is 4.41. The number of benzene rings is 1. The van der Waals surface area contributed by atoms with Gasteiger partial charge in [0, 0.05) is 12.8 Å². The van der Waals surface area contributed by atoms with Crippen LogP contribution in [0, 0.1) is 0 Å². The number of nitrogens with one attached hydrogen (secondary N) is 1. The van der Waals surface area contributed by atoms with Crippen molar-refractivity contribution in [2.24, 2.45) is 0 Å². The summed E-state index contributed by atoms with van der Waals surface area (Å²) in [5, 5.41) is 3.26. The van der Waals surface area contributed by atoms with Gasteiger partial charge in [-0.05, 0) is 31.3 Å². The Kier molecular flexibility index (Phi) is 2.21. The Morgan fingerprint density at radius 3 is 2.75 bits per heavy atom. The van der Waals surface area contributed by atoms with Gasteiger partial charge in [0.15, 0.2) is 0 Å². The first-order valence-corrected chi connectivity index (χ1v) is 5.67. The van der Waals surface area contributed by atoms with E-state index in [4.69, 9.17) is 4.74 Å². The molecule has 1 spiro atoms. The van der Waals surface area contributed by atoms with Crippen molar-refractivity contribution < 1.29 is 9.13 Å². The molecular weight excluding hydrogens is 205 g/mol. The van der Waals surface area contributed by atoms with Gasteiger partial charge in [-0.3, -0.25) is 0 Å². The second-order valence-corrected chi connectivity index (χ2v) is 4.41. The topological polar surface area (TPSA) is 21.3 Å². The Hall–Kier alpha value is -1.35. The quantitative estimate of drug-likeness (QED) is 0.724. The minimum atomic E-state index is -0.427. The molecule has 3 rings (SSSR count). The number of para-hydroxylation sites is 1. The predicted octanol–water partition coefficient (Wildman–Crippen LogP) is 2.51. The molecule has 2 nitrogen and oxygen atoms in total. The maximum atomic E-state index is 14.0. The molecule has 0 unspecified atom stereocenters. The Bertz CT molecular complexity index is 435. The zero-order chi connectivity index (χ0) is 11.0. The van der Waals surface area contributed by atoms with Crippen LogP contribution < -0.4 is 10.1 Å². The molecular formula is C13H14FNO. The van der Waals surface area contributed by atoms with E-state index in [1.165, 1.54) is 0 Å². The van der Waals surface area contributed by atoms with E-state index in [9.17, 15) is 4.39 Å². The molecule has 2 aliphatic rings. The molecule has 0 radical (unpaired) electrons. The van der Waals surface area contributed by atoms with Crippen molar-refractivity contribution >= 4 is 5.83 Å². The van der Waals surface area contributed by atoms with Crippen LogP contribution >= 0.6 is 0 Å². The number of hydrogen-bond donors (Lipinski definition) is 1. The van der Waals surface area contributed by atoms with Crippen LogP contribution in [-0.2, 0) is 0 Å². The number of halogens is 1. The summed E-state index contributed by atoms with van der Waals surface area (Å²) >= 11 is 0. The lowest BCUT2D eigenvalue weighted by atomic mass is 9.88. The minimum Gasteiger partial charge on any atom is -0.482 e. The lowest BCUT2D eigenvalue weighted by Crippen LogP contribution is -2.46. The summed E-state index contributed by atoms with van der Waals surface area (Å²) in [6, 6.07) is 7.31. The first-order chi connectivity index (χ1) is 7.79. The molecule has 1 saturated heterocycles. The van der Waals surface area contributed by atoms with Gasteiger partial charge < -0.3 is 10.1 Å². The van der Waals surface area contributed by atoms with Gasteiger partial charge in [0.1, 0.15) is 17.2 Å². The average molecular weight is 219 g/mol. The number of fused-ring (bicyclic) bond motifs is 1. The summed E-state index contributed by atoms with van der Waals surface area (Å²) in [6.07, 6.45) is 3.31. The van der Waals surface area contributed by atoms with Crippen molar-refractivity contribution in [3.8, 4) is 5.75 Å². The summed E-state index contributed by atoms with van der Waals surface area (Å²) in [4.78, 5) is 0. The van der Waals surface area contributed by atoms with Crippen LogP contribution in [0.4, 0.5) is 4.39 Å². The van der Waals surface area contributed by atoms with Gasteiger partial charge in [0.25, 0.3) is 0 Å². The summed E-state index contributed by atoms with van der Waals surface area (Å²) < 4.78 is 19.9. The molecule has 0 bridgehead atoms. The van der Waals surface area contributed by atoms with Gasteiger partial charge in [-0.15, -0.1) is 0 Å². The number of hydrogen-bond acceptors (Lipinski definition) is 2. The van der Waals surface area contributed by atoms with E-state index in [0.29, 0.717) is 11.3 Å². The molecule has 0 atom stereocenters. The van der Waals surface area contributed by atoms with Gasteiger partial charge in [0.05, 0.1) is 5.56 Å². The largest absolute Gasteiger partial charge is 0.482 e. The molecule has 0 aromatic heterocycles. The lowest BCUT2D eigenvalue weighted by molar-refractivity contribution is 0.0801. The highest BCUT2D eigenvalue weighted by Crippen LogP contribution is 2.40. The normalized spacial score (nSPS) is 22.2.